The fourth-order valence-electron chi connectivity index (χ4n) is 3.04. The molecule has 0 saturated heterocycles. The lowest BCUT2D eigenvalue weighted by Gasteiger charge is -2.08. The van der Waals surface area contributed by atoms with Gasteiger partial charge in [0.15, 0.2) is 0 Å². The molecular weight excluding hydrogens is 478 g/mol. The van der Waals surface area contributed by atoms with E-state index in [1.54, 1.807) is 42.5 Å². The molecular formula is C24H22ClN3O5S. The third kappa shape index (κ3) is 6.34. The van der Waals surface area contributed by atoms with E-state index in [-0.39, 0.29) is 28.4 Å². The third-order valence-corrected chi connectivity index (χ3v) is 6.76. The summed E-state index contributed by atoms with van der Waals surface area (Å²) in [5.41, 5.74) is 1.45. The van der Waals surface area contributed by atoms with Gasteiger partial charge in [-0.3, -0.25) is 9.59 Å². The number of anilines is 1. The van der Waals surface area contributed by atoms with Crippen LogP contribution in [0.25, 0.3) is 6.08 Å². The van der Waals surface area contributed by atoms with Gasteiger partial charge in [0, 0.05) is 17.8 Å². The van der Waals surface area contributed by atoms with Crippen molar-refractivity contribution in [3.63, 3.8) is 0 Å². The van der Waals surface area contributed by atoms with E-state index in [1.165, 1.54) is 30.5 Å². The summed E-state index contributed by atoms with van der Waals surface area (Å²) in [6, 6.07) is 14.4. The van der Waals surface area contributed by atoms with E-state index in [0.717, 1.165) is 12.8 Å². The normalized spacial score (nSPS) is 13.7. The highest BCUT2D eigenvalue weighted by atomic mass is 35.5. The number of carbonyl (C=O) groups is 2. The monoisotopic (exact) mass is 499 g/mol. The Balaban J connectivity index is 1.32. The Bertz CT molecular complexity index is 1320. The summed E-state index contributed by atoms with van der Waals surface area (Å²) < 4.78 is 32.4. The van der Waals surface area contributed by atoms with E-state index in [2.05, 4.69) is 15.4 Å². The number of hydrogen-bond acceptors (Lipinski definition) is 5. The Morgan fingerprint density at radius 3 is 2.50 bits per heavy atom. The fraction of sp³-hybridized carbons (Fsp3) is 0.167. The molecule has 0 radical (unpaired) electrons. The van der Waals surface area contributed by atoms with Crippen LogP contribution in [0.2, 0.25) is 5.02 Å². The predicted octanol–water partition coefficient (Wildman–Crippen LogP) is 3.96. The van der Waals surface area contributed by atoms with Crippen LogP contribution in [0.15, 0.2) is 76.2 Å². The smallest absolute Gasteiger partial charge is 0.253 e. The molecule has 2 amide bonds. The summed E-state index contributed by atoms with van der Waals surface area (Å²) in [6.07, 6.45) is 6.30. The van der Waals surface area contributed by atoms with Gasteiger partial charge in [-0.05, 0) is 66.9 Å². The van der Waals surface area contributed by atoms with Crippen LogP contribution in [-0.4, -0.2) is 26.3 Å². The summed E-state index contributed by atoms with van der Waals surface area (Å²) in [7, 11) is -3.70. The number of sulfonamides is 1. The Kier molecular flexibility index (Phi) is 7.16. The molecule has 4 rings (SSSR count). The molecule has 1 heterocycles. The second-order valence-corrected chi connectivity index (χ2v) is 9.91. The van der Waals surface area contributed by atoms with Crippen molar-refractivity contribution in [2.24, 2.45) is 0 Å². The molecule has 2 aromatic carbocycles. The number of hydrogen-bond donors (Lipinski definition) is 3. The highest BCUT2D eigenvalue weighted by molar-refractivity contribution is 7.89. The van der Waals surface area contributed by atoms with Gasteiger partial charge in [0.05, 0.1) is 28.3 Å². The minimum atomic E-state index is -3.70. The SMILES string of the molecule is O=C(C=Cc1ccc(S(=O)(=O)NCc2ccco2)cc1)Nc1ccc(C(=O)NC2CC2)c(Cl)c1. The molecule has 3 N–H and O–H groups in total. The van der Waals surface area contributed by atoms with Gasteiger partial charge in [-0.25, -0.2) is 13.1 Å². The molecule has 3 aromatic rings. The molecule has 8 nitrogen and oxygen atoms in total. The number of halogens is 1. The molecule has 1 aliphatic rings. The van der Waals surface area contributed by atoms with E-state index in [0.29, 0.717) is 22.6 Å². The van der Waals surface area contributed by atoms with Crippen molar-refractivity contribution in [3.8, 4) is 0 Å². The van der Waals surface area contributed by atoms with Crippen molar-refractivity contribution >= 4 is 45.2 Å². The van der Waals surface area contributed by atoms with Crippen LogP contribution in [-0.2, 0) is 21.4 Å². The molecule has 0 bridgehead atoms. The van der Waals surface area contributed by atoms with Crippen LogP contribution in [0, 0.1) is 0 Å². The van der Waals surface area contributed by atoms with Gasteiger partial charge in [0.2, 0.25) is 15.9 Å². The van der Waals surface area contributed by atoms with Gasteiger partial charge < -0.3 is 15.1 Å². The quantitative estimate of drug-likeness (QED) is 0.385. The van der Waals surface area contributed by atoms with E-state index in [4.69, 9.17) is 16.0 Å². The number of benzene rings is 2. The topological polar surface area (TPSA) is 118 Å². The van der Waals surface area contributed by atoms with Gasteiger partial charge in [0.25, 0.3) is 5.91 Å². The van der Waals surface area contributed by atoms with Gasteiger partial charge in [-0.15, -0.1) is 0 Å². The minimum absolute atomic E-state index is 0.0490. The summed E-state index contributed by atoms with van der Waals surface area (Å²) in [6.45, 7) is 0.0490. The van der Waals surface area contributed by atoms with Crippen LogP contribution in [0.5, 0.6) is 0 Å². The first-order valence-corrected chi connectivity index (χ1v) is 12.4. The number of amides is 2. The maximum Gasteiger partial charge on any atom is 0.253 e. The Morgan fingerprint density at radius 2 is 1.85 bits per heavy atom. The zero-order chi connectivity index (χ0) is 24.1. The molecule has 1 saturated carbocycles. The highest BCUT2D eigenvalue weighted by Gasteiger charge is 2.24. The number of carbonyl (C=O) groups excluding carboxylic acids is 2. The lowest BCUT2D eigenvalue weighted by Crippen LogP contribution is -2.25. The van der Waals surface area contributed by atoms with Crippen molar-refractivity contribution in [2.45, 2.75) is 30.3 Å². The molecule has 176 valence electrons. The maximum absolute atomic E-state index is 12.4. The second-order valence-electron chi connectivity index (χ2n) is 7.74. The predicted molar refractivity (Wildman–Crippen MR) is 129 cm³/mol. The van der Waals surface area contributed by atoms with Crippen LogP contribution < -0.4 is 15.4 Å². The standard InChI is InChI=1S/C24H22ClN3O5S/c25-22-14-18(8-11-21(22)24(30)28-17-6-7-17)27-23(29)12-5-16-3-9-20(10-4-16)34(31,32)26-15-19-2-1-13-33-19/h1-5,8-14,17,26H,6-7,15H2,(H,27,29)(H,28,30). The van der Waals surface area contributed by atoms with Crippen LogP contribution in [0.1, 0.15) is 34.5 Å². The Morgan fingerprint density at radius 1 is 1.09 bits per heavy atom. The van der Waals surface area contributed by atoms with Crippen molar-refractivity contribution in [1.29, 1.82) is 0 Å². The van der Waals surface area contributed by atoms with Crippen molar-refractivity contribution in [2.75, 3.05) is 5.32 Å². The second kappa shape index (κ2) is 10.3. The molecule has 0 aliphatic heterocycles. The van der Waals surface area contributed by atoms with Crippen molar-refractivity contribution in [1.82, 2.24) is 10.0 Å². The molecule has 1 aromatic heterocycles. The molecule has 0 unspecified atom stereocenters. The van der Waals surface area contributed by atoms with Crippen LogP contribution >= 0.6 is 11.6 Å². The molecule has 0 atom stereocenters. The number of nitrogens with one attached hydrogen (secondary N) is 3. The third-order valence-electron chi connectivity index (χ3n) is 5.03. The number of rotatable bonds is 9. The van der Waals surface area contributed by atoms with Gasteiger partial charge in [-0.2, -0.15) is 0 Å². The minimum Gasteiger partial charge on any atom is -0.468 e. The van der Waals surface area contributed by atoms with E-state index in [9.17, 15) is 18.0 Å². The molecule has 10 heteroatoms. The average molecular weight is 500 g/mol. The summed E-state index contributed by atoms with van der Waals surface area (Å²) in [5, 5.41) is 5.80. The Labute approximate surface area is 202 Å². The van der Waals surface area contributed by atoms with Crippen molar-refractivity contribution < 1.29 is 22.4 Å². The Hall–Kier alpha value is -3.40. The molecule has 1 fully saturated rings. The summed E-state index contributed by atoms with van der Waals surface area (Å²) in [5.74, 6) is -0.124. The van der Waals surface area contributed by atoms with Crippen molar-refractivity contribution in [3.05, 3.63) is 88.8 Å². The van der Waals surface area contributed by atoms with E-state index >= 15 is 0 Å². The van der Waals surface area contributed by atoms with Crippen LogP contribution in [0.3, 0.4) is 0 Å². The first-order valence-electron chi connectivity index (χ1n) is 10.5. The lowest BCUT2D eigenvalue weighted by molar-refractivity contribution is -0.111. The highest BCUT2D eigenvalue weighted by Crippen LogP contribution is 2.24. The van der Waals surface area contributed by atoms with Gasteiger partial charge in [0.1, 0.15) is 5.76 Å². The van der Waals surface area contributed by atoms with Gasteiger partial charge in [-0.1, -0.05) is 23.7 Å². The first kappa shape index (κ1) is 23.7. The van der Waals surface area contributed by atoms with Gasteiger partial charge >= 0.3 is 0 Å². The summed E-state index contributed by atoms with van der Waals surface area (Å²) in [4.78, 5) is 24.5. The summed E-state index contributed by atoms with van der Waals surface area (Å²) >= 11 is 6.20. The number of furan rings is 1. The van der Waals surface area contributed by atoms with E-state index < -0.39 is 15.9 Å². The van der Waals surface area contributed by atoms with Crippen LogP contribution in [0.4, 0.5) is 5.69 Å². The zero-order valence-electron chi connectivity index (χ0n) is 18.0. The molecule has 34 heavy (non-hydrogen) atoms. The average Bonchev–Trinajstić information content (AvgIpc) is 3.46. The molecule has 0 spiro atoms. The zero-order valence-corrected chi connectivity index (χ0v) is 19.5. The lowest BCUT2D eigenvalue weighted by atomic mass is 10.2. The fourth-order valence-corrected chi connectivity index (χ4v) is 4.30. The maximum atomic E-state index is 12.4. The molecule has 1 aliphatic carbocycles. The largest absolute Gasteiger partial charge is 0.468 e. The van der Waals surface area contributed by atoms with E-state index in [1.807, 2.05) is 0 Å². The first-order chi connectivity index (χ1) is 16.3.